The predicted octanol–water partition coefficient (Wildman–Crippen LogP) is 2.15. The molecule has 0 saturated heterocycles. The number of rotatable bonds is 6. The molecule has 0 bridgehead atoms. The van der Waals surface area contributed by atoms with E-state index in [-0.39, 0.29) is 5.92 Å². The summed E-state index contributed by atoms with van der Waals surface area (Å²) < 4.78 is 0. The van der Waals surface area contributed by atoms with Gasteiger partial charge in [0.2, 0.25) is 0 Å². The molecule has 12 heavy (non-hydrogen) atoms. The van der Waals surface area contributed by atoms with Gasteiger partial charge in [-0.3, -0.25) is 0 Å². The van der Waals surface area contributed by atoms with Crippen molar-refractivity contribution in [3.05, 3.63) is 0 Å². The average Bonchev–Trinajstić information content (AvgIpc) is 2.00. The van der Waals surface area contributed by atoms with Crippen LogP contribution in [0.25, 0.3) is 0 Å². The van der Waals surface area contributed by atoms with Crippen molar-refractivity contribution in [2.24, 2.45) is 11.8 Å². The quantitative estimate of drug-likeness (QED) is 0.606. The highest BCUT2D eigenvalue weighted by Gasteiger charge is 2.13. The molecule has 0 spiro atoms. The van der Waals surface area contributed by atoms with E-state index in [1.807, 2.05) is 6.92 Å². The van der Waals surface area contributed by atoms with Crippen LogP contribution < -0.4 is 0 Å². The summed E-state index contributed by atoms with van der Waals surface area (Å²) in [6.45, 7) is 6.23. The lowest BCUT2D eigenvalue weighted by atomic mass is 9.93. The van der Waals surface area contributed by atoms with Crippen LogP contribution in [0.15, 0.2) is 0 Å². The van der Waals surface area contributed by atoms with Crippen LogP contribution in [0.2, 0.25) is 0 Å². The first-order valence-corrected chi connectivity index (χ1v) is 4.94. The Morgan fingerprint density at radius 3 is 2.17 bits per heavy atom. The maximum atomic E-state index is 8.85. The summed E-state index contributed by atoms with van der Waals surface area (Å²) in [6.07, 6.45) is 3.44. The van der Waals surface area contributed by atoms with Gasteiger partial charge in [0.15, 0.2) is 6.29 Å². The second kappa shape index (κ2) is 6.44. The maximum Gasteiger partial charge on any atom is 0.154 e. The highest BCUT2D eigenvalue weighted by molar-refractivity contribution is 4.60. The molecular weight excluding hydrogens is 152 g/mol. The van der Waals surface area contributed by atoms with Gasteiger partial charge < -0.3 is 10.2 Å². The molecule has 2 nitrogen and oxygen atoms in total. The van der Waals surface area contributed by atoms with Gasteiger partial charge in [-0.1, -0.05) is 40.0 Å². The Morgan fingerprint density at radius 1 is 1.17 bits per heavy atom. The zero-order valence-electron chi connectivity index (χ0n) is 8.45. The number of unbranched alkanes of at least 4 members (excludes halogenated alkanes) is 1. The van der Waals surface area contributed by atoms with E-state index in [2.05, 4.69) is 13.8 Å². The lowest BCUT2D eigenvalue weighted by molar-refractivity contribution is -0.0837. The van der Waals surface area contributed by atoms with E-state index in [0.29, 0.717) is 5.92 Å². The lowest BCUT2D eigenvalue weighted by Gasteiger charge is -2.18. The molecule has 0 aromatic heterocycles. The number of aliphatic hydroxyl groups excluding tert-OH is 1. The topological polar surface area (TPSA) is 40.5 Å². The van der Waals surface area contributed by atoms with Crippen molar-refractivity contribution in [1.82, 2.24) is 0 Å². The Kier molecular flexibility index (Phi) is 6.39. The van der Waals surface area contributed by atoms with Gasteiger partial charge in [-0.2, -0.15) is 0 Å². The van der Waals surface area contributed by atoms with Crippen molar-refractivity contribution >= 4 is 0 Å². The molecule has 0 heterocycles. The summed E-state index contributed by atoms with van der Waals surface area (Å²) >= 11 is 0. The van der Waals surface area contributed by atoms with Gasteiger partial charge in [0, 0.05) is 5.92 Å². The second-order valence-corrected chi connectivity index (χ2v) is 3.87. The van der Waals surface area contributed by atoms with Crippen LogP contribution in [0, 0.1) is 11.8 Å². The number of hydrogen-bond acceptors (Lipinski definition) is 2. The Balaban J connectivity index is 3.47. The van der Waals surface area contributed by atoms with Crippen molar-refractivity contribution in [3.8, 4) is 0 Å². The molecule has 0 aromatic carbocycles. The van der Waals surface area contributed by atoms with E-state index < -0.39 is 6.29 Å². The van der Waals surface area contributed by atoms with E-state index in [9.17, 15) is 0 Å². The fourth-order valence-electron chi connectivity index (χ4n) is 1.43. The lowest BCUT2D eigenvalue weighted by Crippen LogP contribution is -2.18. The normalized spacial score (nSPS) is 16.5. The molecule has 2 heteroatoms. The Hall–Kier alpha value is -0.0800. The summed E-state index contributed by atoms with van der Waals surface area (Å²) in [6, 6.07) is 0. The SMILES string of the molecule is CCCCC(C)CC(C)C(O)O. The minimum absolute atomic E-state index is 0.0110. The Morgan fingerprint density at radius 2 is 1.75 bits per heavy atom. The van der Waals surface area contributed by atoms with E-state index in [1.54, 1.807) is 0 Å². The van der Waals surface area contributed by atoms with Crippen LogP contribution in [0.4, 0.5) is 0 Å². The highest BCUT2D eigenvalue weighted by atomic mass is 16.5. The Bertz CT molecular complexity index is 102. The van der Waals surface area contributed by atoms with Crippen LogP contribution in [-0.2, 0) is 0 Å². The molecule has 0 saturated carbocycles. The van der Waals surface area contributed by atoms with Crippen LogP contribution in [0.5, 0.6) is 0 Å². The standard InChI is InChI=1S/C10H22O2/c1-4-5-6-8(2)7-9(3)10(11)12/h8-12H,4-7H2,1-3H3. The molecule has 0 amide bonds. The summed E-state index contributed by atoms with van der Waals surface area (Å²) in [7, 11) is 0. The third-order valence-electron chi connectivity index (χ3n) is 2.33. The van der Waals surface area contributed by atoms with Crippen molar-refractivity contribution in [2.75, 3.05) is 0 Å². The van der Waals surface area contributed by atoms with Gasteiger partial charge in [0.05, 0.1) is 0 Å². The van der Waals surface area contributed by atoms with Crippen LogP contribution >= 0.6 is 0 Å². The molecule has 2 atom stereocenters. The molecule has 2 unspecified atom stereocenters. The van der Waals surface area contributed by atoms with Gasteiger partial charge >= 0.3 is 0 Å². The largest absolute Gasteiger partial charge is 0.368 e. The van der Waals surface area contributed by atoms with Gasteiger partial charge in [-0.15, -0.1) is 0 Å². The van der Waals surface area contributed by atoms with Crippen molar-refractivity contribution in [1.29, 1.82) is 0 Å². The fourth-order valence-corrected chi connectivity index (χ4v) is 1.43. The molecule has 0 rings (SSSR count). The van der Waals surface area contributed by atoms with Gasteiger partial charge in [-0.05, 0) is 12.3 Å². The first-order chi connectivity index (χ1) is 5.57. The van der Waals surface area contributed by atoms with Crippen LogP contribution in [0.1, 0.15) is 46.5 Å². The van der Waals surface area contributed by atoms with Crippen LogP contribution in [-0.4, -0.2) is 16.5 Å². The first-order valence-electron chi connectivity index (χ1n) is 4.94. The second-order valence-electron chi connectivity index (χ2n) is 3.87. The molecule has 0 aliphatic heterocycles. The van der Waals surface area contributed by atoms with E-state index >= 15 is 0 Å². The predicted molar refractivity (Wildman–Crippen MR) is 50.7 cm³/mol. The molecular formula is C10H22O2. The third kappa shape index (κ3) is 5.56. The molecule has 0 aliphatic rings. The minimum Gasteiger partial charge on any atom is -0.368 e. The highest BCUT2D eigenvalue weighted by Crippen LogP contribution is 2.18. The molecule has 0 fully saturated rings. The van der Waals surface area contributed by atoms with Crippen molar-refractivity contribution in [2.45, 2.75) is 52.7 Å². The number of aliphatic hydroxyl groups is 2. The van der Waals surface area contributed by atoms with Gasteiger partial charge in [-0.25, -0.2) is 0 Å². The summed E-state index contributed by atoms with van der Waals surface area (Å²) in [5.41, 5.74) is 0. The number of hydrogen-bond donors (Lipinski definition) is 2. The first kappa shape index (κ1) is 11.9. The van der Waals surface area contributed by atoms with Gasteiger partial charge in [0.25, 0.3) is 0 Å². The van der Waals surface area contributed by atoms with E-state index in [4.69, 9.17) is 10.2 Å². The van der Waals surface area contributed by atoms with Crippen LogP contribution in [0.3, 0.4) is 0 Å². The molecule has 2 N–H and O–H groups in total. The van der Waals surface area contributed by atoms with E-state index in [0.717, 1.165) is 6.42 Å². The minimum atomic E-state index is -1.14. The van der Waals surface area contributed by atoms with Gasteiger partial charge in [0.1, 0.15) is 0 Å². The Labute approximate surface area is 75.6 Å². The van der Waals surface area contributed by atoms with Crippen molar-refractivity contribution in [3.63, 3.8) is 0 Å². The fraction of sp³-hybridized carbons (Fsp3) is 1.00. The molecule has 74 valence electrons. The molecule has 0 radical (unpaired) electrons. The third-order valence-corrected chi connectivity index (χ3v) is 2.33. The zero-order valence-corrected chi connectivity index (χ0v) is 8.45. The molecule has 0 aromatic rings. The molecule has 0 aliphatic carbocycles. The summed E-state index contributed by atoms with van der Waals surface area (Å²) in [4.78, 5) is 0. The zero-order chi connectivity index (χ0) is 9.56. The van der Waals surface area contributed by atoms with E-state index in [1.165, 1.54) is 19.3 Å². The smallest absolute Gasteiger partial charge is 0.154 e. The summed E-state index contributed by atoms with van der Waals surface area (Å²) in [5, 5.41) is 17.7. The maximum absolute atomic E-state index is 8.85. The average molecular weight is 174 g/mol. The summed E-state index contributed by atoms with van der Waals surface area (Å²) in [5.74, 6) is 0.624. The monoisotopic (exact) mass is 174 g/mol. The van der Waals surface area contributed by atoms with Crippen molar-refractivity contribution < 1.29 is 10.2 Å².